The molecular formula is C13H19N3O. The van der Waals surface area contributed by atoms with Crippen molar-refractivity contribution in [1.29, 1.82) is 5.26 Å². The van der Waals surface area contributed by atoms with Gasteiger partial charge in [-0.2, -0.15) is 5.26 Å². The number of hydrogen-bond acceptors (Lipinski definition) is 4. The molecule has 0 bridgehead atoms. The maximum absolute atomic E-state index is 12.0. The van der Waals surface area contributed by atoms with Crippen molar-refractivity contribution in [2.75, 3.05) is 20.6 Å². The van der Waals surface area contributed by atoms with Crippen molar-refractivity contribution in [3.8, 4) is 6.19 Å². The number of piperidine rings is 1. The highest BCUT2D eigenvalue weighted by atomic mass is 16.1. The number of rotatable bonds is 1. The molecule has 92 valence electrons. The molecule has 1 aliphatic carbocycles. The highest BCUT2D eigenvalue weighted by Gasteiger charge is 2.38. The van der Waals surface area contributed by atoms with Gasteiger partial charge >= 0.3 is 0 Å². The third kappa shape index (κ3) is 2.44. The van der Waals surface area contributed by atoms with E-state index in [1.165, 1.54) is 0 Å². The van der Waals surface area contributed by atoms with Gasteiger partial charge in [-0.3, -0.25) is 4.79 Å². The van der Waals surface area contributed by atoms with E-state index >= 15 is 0 Å². The molecule has 0 radical (unpaired) electrons. The SMILES string of the molecule is CN(C)C=C1CC2C(CCCN2C#N)CC1=O. The summed E-state index contributed by atoms with van der Waals surface area (Å²) >= 11 is 0. The predicted octanol–water partition coefficient (Wildman–Crippen LogP) is 1.36. The van der Waals surface area contributed by atoms with E-state index in [0.717, 1.165) is 31.4 Å². The van der Waals surface area contributed by atoms with Crippen molar-refractivity contribution in [2.24, 2.45) is 5.92 Å². The van der Waals surface area contributed by atoms with Crippen molar-refractivity contribution in [2.45, 2.75) is 31.7 Å². The highest BCUT2D eigenvalue weighted by molar-refractivity contribution is 5.96. The van der Waals surface area contributed by atoms with Crippen LogP contribution in [-0.2, 0) is 4.79 Å². The van der Waals surface area contributed by atoms with E-state index in [-0.39, 0.29) is 11.8 Å². The Morgan fingerprint density at radius 2 is 2.24 bits per heavy atom. The number of ketones is 1. The summed E-state index contributed by atoms with van der Waals surface area (Å²) in [5.74, 6) is 0.648. The maximum Gasteiger partial charge on any atom is 0.179 e. The molecule has 0 aromatic carbocycles. The summed E-state index contributed by atoms with van der Waals surface area (Å²) in [4.78, 5) is 15.8. The van der Waals surface area contributed by atoms with Crippen molar-refractivity contribution < 1.29 is 4.79 Å². The Kier molecular flexibility index (Phi) is 3.37. The lowest BCUT2D eigenvalue weighted by Crippen LogP contribution is -2.46. The van der Waals surface area contributed by atoms with E-state index in [9.17, 15) is 4.79 Å². The average Bonchev–Trinajstić information content (AvgIpc) is 2.28. The lowest BCUT2D eigenvalue weighted by Gasteiger charge is -2.41. The van der Waals surface area contributed by atoms with Gasteiger partial charge in [0.15, 0.2) is 12.0 Å². The quantitative estimate of drug-likeness (QED) is 0.507. The first-order valence-corrected chi connectivity index (χ1v) is 6.18. The van der Waals surface area contributed by atoms with Gasteiger partial charge in [-0.1, -0.05) is 0 Å². The molecule has 2 unspecified atom stereocenters. The Hall–Kier alpha value is -1.50. The first-order valence-electron chi connectivity index (χ1n) is 6.18. The van der Waals surface area contributed by atoms with Crippen LogP contribution in [-0.4, -0.2) is 42.3 Å². The minimum atomic E-state index is 0.248. The van der Waals surface area contributed by atoms with Crippen LogP contribution in [0.15, 0.2) is 11.8 Å². The van der Waals surface area contributed by atoms with Crippen LogP contribution in [0.5, 0.6) is 0 Å². The fourth-order valence-corrected chi connectivity index (χ4v) is 2.92. The predicted molar refractivity (Wildman–Crippen MR) is 64.8 cm³/mol. The summed E-state index contributed by atoms with van der Waals surface area (Å²) < 4.78 is 0. The lowest BCUT2D eigenvalue weighted by atomic mass is 9.76. The number of carbonyl (C=O) groups excluding carboxylic acids is 1. The second kappa shape index (κ2) is 4.79. The molecule has 1 saturated heterocycles. The molecule has 4 heteroatoms. The van der Waals surface area contributed by atoms with Gasteiger partial charge < -0.3 is 9.80 Å². The highest BCUT2D eigenvalue weighted by Crippen LogP contribution is 2.35. The van der Waals surface area contributed by atoms with E-state index in [1.54, 1.807) is 0 Å². The Morgan fingerprint density at radius 3 is 2.88 bits per heavy atom. The number of carbonyl (C=O) groups is 1. The van der Waals surface area contributed by atoms with Gasteiger partial charge in [-0.15, -0.1) is 0 Å². The maximum atomic E-state index is 12.0. The summed E-state index contributed by atoms with van der Waals surface area (Å²) in [6.07, 6.45) is 7.65. The van der Waals surface area contributed by atoms with E-state index in [2.05, 4.69) is 6.19 Å². The fourth-order valence-electron chi connectivity index (χ4n) is 2.92. The number of hydrogen-bond donors (Lipinski definition) is 0. The average molecular weight is 233 g/mol. The minimum absolute atomic E-state index is 0.248. The van der Waals surface area contributed by atoms with Crippen molar-refractivity contribution in [3.63, 3.8) is 0 Å². The van der Waals surface area contributed by atoms with E-state index in [1.807, 2.05) is 30.1 Å². The standard InChI is InChI=1S/C13H19N3O/c1-15(2)8-11-6-12-10(7-13(11)17)4-3-5-16(12)9-14/h8,10,12H,3-7H2,1-2H3. The van der Waals surface area contributed by atoms with Crippen LogP contribution in [0.2, 0.25) is 0 Å². The number of fused-ring (bicyclic) bond motifs is 1. The Balaban J connectivity index is 2.18. The molecular weight excluding hydrogens is 214 g/mol. The molecule has 0 amide bonds. The van der Waals surface area contributed by atoms with Crippen LogP contribution in [0, 0.1) is 17.4 Å². The van der Waals surface area contributed by atoms with Crippen LogP contribution in [0.4, 0.5) is 0 Å². The molecule has 1 heterocycles. The molecule has 2 rings (SSSR count). The molecule has 0 aromatic rings. The normalized spacial score (nSPS) is 31.0. The molecule has 0 N–H and O–H groups in total. The summed E-state index contributed by atoms with van der Waals surface area (Å²) in [5.41, 5.74) is 0.874. The summed E-state index contributed by atoms with van der Waals surface area (Å²) in [7, 11) is 3.85. The zero-order valence-electron chi connectivity index (χ0n) is 10.5. The second-order valence-corrected chi connectivity index (χ2v) is 5.21. The molecule has 2 aliphatic rings. The van der Waals surface area contributed by atoms with Crippen LogP contribution in [0.25, 0.3) is 0 Å². The first-order chi connectivity index (χ1) is 8.11. The third-order valence-electron chi connectivity index (χ3n) is 3.70. The number of nitriles is 1. The van der Waals surface area contributed by atoms with Crippen LogP contribution >= 0.6 is 0 Å². The molecule has 17 heavy (non-hydrogen) atoms. The third-order valence-corrected chi connectivity index (χ3v) is 3.70. The van der Waals surface area contributed by atoms with Crippen molar-refractivity contribution >= 4 is 5.78 Å². The second-order valence-electron chi connectivity index (χ2n) is 5.21. The molecule has 2 fully saturated rings. The van der Waals surface area contributed by atoms with E-state index < -0.39 is 0 Å². The Bertz CT molecular complexity index is 381. The minimum Gasteiger partial charge on any atom is -0.383 e. The summed E-state index contributed by atoms with van der Waals surface area (Å²) in [6, 6.07) is 0.248. The number of Topliss-reactive ketones (excluding diaryl/α,β-unsaturated/α-hetero) is 1. The van der Waals surface area contributed by atoms with Gasteiger partial charge in [0.05, 0.1) is 0 Å². The summed E-state index contributed by atoms with van der Waals surface area (Å²) in [5, 5.41) is 9.13. The Labute approximate surface area is 102 Å². The smallest absolute Gasteiger partial charge is 0.179 e. The molecule has 4 nitrogen and oxygen atoms in total. The van der Waals surface area contributed by atoms with E-state index in [0.29, 0.717) is 12.3 Å². The monoisotopic (exact) mass is 233 g/mol. The zero-order valence-corrected chi connectivity index (χ0v) is 10.5. The summed E-state index contributed by atoms with van der Waals surface area (Å²) in [6.45, 7) is 0.848. The van der Waals surface area contributed by atoms with Gasteiger partial charge in [0, 0.05) is 44.9 Å². The van der Waals surface area contributed by atoms with Gasteiger partial charge in [0.2, 0.25) is 0 Å². The number of likely N-dealkylation sites (tertiary alicyclic amines) is 1. The zero-order chi connectivity index (χ0) is 12.4. The molecule has 2 atom stereocenters. The van der Waals surface area contributed by atoms with Gasteiger partial charge in [-0.05, 0) is 25.2 Å². The van der Waals surface area contributed by atoms with Gasteiger partial charge in [0.25, 0.3) is 0 Å². The fraction of sp³-hybridized carbons (Fsp3) is 0.692. The molecule has 1 aliphatic heterocycles. The van der Waals surface area contributed by atoms with Crippen molar-refractivity contribution in [3.05, 3.63) is 11.8 Å². The largest absolute Gasteiger partial charge is 0.383 e. The molecule has 0 aromatic heterocycles. The lowest BCUT2D eigenvalue weighted by molar-refractivity contribution is -0.119. The molecule has 0 spiro atoms. The van der Waals surface area contributed by atoms with Crippen LogP contribution in [0.3, 0.4) is 0 Å². The Morgan fingerprint density at radius 1 is 1.47 bits per heavy atom. The van der Waals surface area contributed by atoms with Gasteiger partial charge in [-0.25, -0.2) is 0 Å². The van der Waals surface area contributed by atoms with Crippen LogP contribution < -0.4 is 0 Å². The van der Waals surface area contributed by atoms with Gasteiger partial charge in [0.1, 0.15) is 0 Å². The van der Waals surface area contributed by atoms with E-state index in [4.69, 9.17) is 5.26 Å². The number of nitrogens with zero attached hydrogens (tertiary/aromatic N) is 3. The van der Waals surface area contributed by atoms with Crippen molar-refractivity contribution in [1.82, 2.24) is 9.80 Å². The first kappa shape index (κ1) is 12.0. The van der Waals surface area contributed by atoms with Crippen LogP contribution in [0.1, 0.15) is 25.7 Å². The molecule has 1 saturated carbocycles. The topological polar surface area (TPSA) is 47.3 Å².